The number of rotatable bonds is 2. The zero-order valence-corrected chi connectivity index (χ0v) is 7.79. The van der Waals surface area contributed by atoms with Crippen molar-refractivity contribution in [3.05, 3.63) is 10.4 Å². The maximum absolute atomic E-state index is 8.35. The van der Waals surface area contributed by atoms with Crippen molar-refractivity contribution in [2.75, 3.05) is 0 Å². The Bertz CT molecular complexity index is 189. The molecule has 0 spiro atoms. The van der Waals surface area contributed by atoms with E-state index in [9.17, 15) is 0 Å². The Morgan fingerprint density at radius 3 is 2.73 bits per heavy atom. The lowest BCUT2D eigenvalue weighted by Crippen LogP contribution is -1.90. The molecule has 1 aliphatic rings. The first-order chi connectivity index (χ1) is 5.33. The van der Waals surface area contributed by atoms with Crippen molar-refractivity contribution >= 4 is 23.4 Å². The molecular formula is C8H10ClNS. The average molecular weight is 188 g/mol. The number of nitriles is 1. The first kappa shape index (κ1) is 8.96. The molecule has 0 amide bonds. The summed E-state index contributed by atoms with van der Waals surface area (Å²) in [5, 5.41) is 11.1. The average Bonchev–Trinajstić information content (AvgIpc) is 2.52. The smallest absolute Gasteiger partial charge is 0.124 e. The van der Waals surface area contributed by atoms with E-state index >= 15 is 0 Å². The van der Waals surface area contributed by atoms with Gasteiger partial charge in [0, 0.05) is 10.7 Å². The van der Waals surface area contributed by atoms with Crippen LogP contribution in [0.3, 0.4) is 0 Å². The third-order valence-corrected chi connectivity index (χ3v) is 3.32. The molecule has 0 unspecified atom stereocenters. The van der Waals surface area contributed by atoms with Crippen molar-refractivity contribution in [3.8, 4) is 6.07 Å². The zero-order chi connectivity index (χ0) is 8.10. The number of hydrogen-bond donors (Lipinski definition) is 0. The normalized spacial score (nSPS) is 20.2. The van der Waals surface area contributed by atoms with E-state index < -0.39 is 0 Å². The van der Waals surface area contributed by atoms with E-state index in [1.165, 1.54) is 25.7 Å². The lowest BCUT2D eigenvalue weighted by Gasteiger charge is -2.01. The summed E-state index contributed by atoms with van der Waals surface area (Å²) in [7, 11) is 0. The highest BCUT2D eigenvalue weighted by molar-refractivity contribution is 8.02. The van der Waals surface area contributed by atoms with E-state index in [1.807, 2.05) is 6.07 Å². The maximum Gasteiger partial charge on any atom is 0.124 e. The highest BCUT2D eigenvalue weighted by Crippen LogP contribution is 2.30. The first-order valence-corrected chi connectivity index (χ1v) is 5.06. The molecule has 3 heteroatoms. The Balaban J connectivity index is 2.26. The van der Waals surface area contributed by atoms with Crippen LogP contribution in [-0.2, 0) is 0 Å². The molecular weight excluding hydrogens is 178 g/mol. The monoisotopic (exact) mass is 187 g/mol. The van der Waals surface area contributed by atoms with Crippen LogP contribution in [0.15, 0.2) is 10.4 Å². The summed E-state index contributed by atoms with van der Waals surface area (Å²) in [5.74, 6) is 0. The van der Waals surface area contributed by atoms with Gasteiger partial charge in [-0.25, -0.2) is 0 Å². The van der Waals surface area contributed by atoms with E-state index in [-0.39, 0.29) is 0 Å². The van der Waals surface area contributed by atoms with Gasteiger partial charge in [-0.3, -0.25) is 0 Å². The number of hydrogen-bond acceptors (Lipinski definition) is 2. The molecule has 1 nitrogen and oxygen atoms in total. The highest BCUT2D eigenvalue weighted by Gasteiger charge is 2.13. The Morgan fingerprint density at radius 1 is 1.55 bits per heavy atom. The number of halogens is 1. The SMILES string of the molecule is N#CC(Cl)=CSC1CCCC1. The van der Waals surface area contributed by atoms with E-state index in [1.54, 1.807) is 17.2 Å². The largest absolute Gasteiger partial charge is 0.191 e. The molecule has 0 N–H and O–H groups in total. The van der Waals surface area contributed by atoms with Crippen LogP contribution < -0.4 is 0 Å². The van der Waals surface area contributed by atoms with Gasteiger partial charge in [-0.05, 0) is 12.8 Å². The molecule has 1 fully saturated rings. The molecule has 1 aliphatic carbocycles. The van der Waals surface area contributed by atoms with Crippen LogP contribution in [0.2, 0.25) is 0 Å². The number of thioether (sulfide) groups is 1. The second-order valence-corrected chi connectivity index (χ2v) is 4.20. The molecule has 60 valence electrons. The second-order valence-electron chi connectivity index (χ2n) is 2.62. The zero-order valence-electron chi connectivity index (χ0n) is 6.22. The molecule has 0 saturated heterocycles. The minimum atomic E-state index is 0.307. The molecule has 0 bridgehead atoms. The van der Waals surface area contributed by atoms with Gasteiger partial charge in [-0.15, -0.1) is 11.8 Å². The van der Waals surface area contributed by atoms with Crippen LogP contribution in [0.25, 0.3) is 0 Å². The van der Waals surface area contributed by atoms with Crippen molar-refractivity contribution < 1.29 is 0 Å². The van der Waals surface area contributed by atoms with Crippen LogP contribution in [0.1, 0.15) is 25.7 Å². The first-order valence-electron chi connectivity index (χ1n) is 3.74. The Kier molecular flexibility index (Phi) is 3.82. The van der Waals surface area contributed by atoms with Gasteiger partial charge in [0.2, 0.25) is 0 Å². The maximum atomic E-state index is 8.35. The molecule has 0 atom stereocenters. The lowest BCUT2D eigenvalue weighted by atomic mass is 10.4. The third-order valence-electron chi connectivity index (χ3n) is 1.77. The Hall–Kier alpha value is -0.130. The fourth-order valence-electron chi connectivity index (χ4n) is 1.21. The van der Waals surface area contributed by atoms with Crippen molar-refractivity contribution in [1.82, 2.24) is 0 Å². The fraction of sp³-hybridized carbons (Fsp3) is 0.625. The summed E-state index contributed by atoms with van der Waals surface area (Å²) < 4.78 is 0. The lowest BCUT2D eigenvalue weighted by molar-refractivity contribution is 0.886. The molecule has 0 aromatic heterocycles. The van der Waals surface area contributed by atoms with Gasteiger partial charge >= 0.3 is 0 Å². The van der Waals surface area contributed by atoms with Gasteiger partial charge in [0.15, 0.2) is 0 Å². The number of allylic oxidation sites excluding steroid dienone is 1. The predicted molar refractivity (Wildman–Crippen MR) is 49.4 cm³/mol. The van der Waals surface area contributed by atoms with E-state index in [2.05, 4.69) is 0 Å². The molecule has 0 radical (unpaired) electrons. The van der Waals surface area contributed by atoms with Crippen molar-refractivity contribution in [3.63, 3.8) is 0 Å². The summed E-state index contributed by atoms with van der Waals surface area (Å²) in [6.45, 7) is 0. The van der Waals surface area contributed by atoms with Gasteiger partial charge in [0.25, 0.3) is 0 Å². The molecule has 11 heavy (non-hydrogen) atoms. The molecule has 0 heterocycles. The van der Waals surface area contributed by atoms with Crippen LogP contribution in [0, 0.1) is 11.3 Å². The summed E-state index contributed by atoms with van der Waals surface area (Å²) in [6.07, 6.45) is 5.21. The highest BCUT2D eigenvalue weighted by atomic mass is 35.5. The molecule has 1 saturated carbocycles. The fourth-order valence-corrected chi connectivity index (χ4v) is 2.33. The molecule has 1 rings (SSSR count). The van der Waals surface area contributed by atoms with Crippen molar-refractivity contribution in [2.24, 2.45) is 0 Å². The van der Waals surface area contributed by atoms with Crippen LogP contribution in [-0.4, -0.2) is 5.25 Å². The van der Waals surface area contributed by atoms with Gasteiger partial charge in [0.05, 0.1) is 0 Å². The van der Waals surface area contributed by atoms with Gasteiger partial charge in [0.1, 0.15) is 11.1 Å². The van der Waals surface area contributed by atoms with Gasteiger partial charge in [-0.1, -0.05) is 24.4 Å². The van der Waals surface area contributed by atoms with Crippen molar-refractivity contribution in [2.45, 2.75) is 30.9 Å². The minimum absolute atomic E-state index is 0.307. The van der Waals surface area contributed by atoms with Gasteiger partial charge < -0.3 is 0 Å². The summed E-state index contributed by atoms with van der Waals surface area (Å²) in [5.41, 5.74) is 0. The molecule has 0 aliphatic heterocycles. The third kappa shape index (κ3) is 3.18. The van der Waals surface area contributed by atoms with Gasteiger partial charge in [-0.2, -0.15) is 5.26 Å². The van der Waals surface area contributed by atoms with Crippen LogP contribution >= 0.6 is 23.4 Å². The minimum Gasteiger partial charge on any atom is -0.191 e. The standard InChI is InChI=1S/C8H10ClNS/c9-7(5-10)6-11-8-3-1-2-4-8/h6,8H,1-4H2. The van der Waals surface area contributed by atoms with Crippen molar-refractivity contribution in [1.29, 1.82) is 5.26 Å². The summed E-state index contributed by atoms with van der Waals surface area (Å²) in [4.78, 5) is 0. The second kappa shape index (κ2) is 4.69. The van der Waals surface area contributed by atoms with E-state index in [0.717, 1.165) is 0 Å². The topological polar surface area (TPSA) is 23.8 Å². The quantitative estimate of drug-likeness (QED) is 0.620. The van der Waals surface area contributed by atoms with Crippen LogP contribution in [0.4, 0.5) is 0 Å². The summed E-state index contributed by atoms with van der Waals surface area (Å²) in [6, 6.07) is 1.89. The van der Waals surface area contributed by atoms with Crippen LogP contribution in [0.5, 0.6) is 0 Å². The Labute approximate surface area is 76.4 Å². The summed E-state index contributed by atoms with van der Waals surface area (Å²) >= 11 is 7.22. The predicted octanol–water partition coefficient (Wildman–Crippen LogP) is 3.27. The van der Waals surface area contributed by atoms with E-state index in [4.69, 9.17) is 16.9 Å². The Morgan fingerprint density at radius 2 is 2.18 bits per heavy atom. The van der Waals surface area contributed by atoms with E-state index in [0.29, 0.717) is 10.3 Å². The molecule has 0 aromatic rings. The number of nitrogens with zero attached hydrogens (tertiary/aromatic N) is 1. The molecule has 0 aromatic carbocycles.